The molecular formula is C21H23F6N5O5. The van der Waals surface area contributed by atoms with Crippen molar-refractivity contribution in [3.8, 4) is 0 Å². The molecule has 2 aromatic heterocycles. The highest BCUT2D eigenvalue weighted by atomic mass is 19.4. The van der Waals surface area contributed by atoms with E-state index in [1.54, 1.807) is 17.1 Å². The van der Waals surface area contributed by atoms with Crippen LogP contribution in [0, 0.1) is 0 Å². The smallest absolute Gasteiger partial charge is 0.475 e. The van der Waals surface area contributed by atoms with Gasteiger partial charge in [0.05, 0.1) is 17.9 Å². The molecule has 0 unspecified atom stereocenters. The first kappa shape index (κ1) is 29.5. The van der Waals surface area contributed by atoms with Crippen LogP contribution < -0.4 is 4.90 Å². The van der Waals surface area contributed by atoms with Crippen molar-refractivity contribution >= 4 is 23.5 Å². The number of rotatable bonds is 3. The van der Waals surface area contributed by atoms with E-state index in [0.29, 0.717) is 12.5 Å². The number of fused-ring (bicyclic) bond motifs is 1. The molecule has 2 fully saturated rings. The molecule has 0 bridgehead atoms. The van der Waals surface area contributed by atoms with Gasteiger partial charge in [0.15, 0.2) is 0 Å². The first-order valence-electron chi connectivity index (χ1n) is 10.6. The van der Waals surface area contributed by atoms with E-state index in [2.05, 4.69) is 21.0 Å². The first-order chi connectivity index (χ1) is 17.1. The predicted molar refractivity (Wildman–Crippen MR) is 114 cm³/mol. The number of hydrogen-bond donors (Lipinski definition) is 2. The summed E-state index contributed by atoms with van der Waals surface area (Å²) in [5, 5.41) is 18.5. The average molecular weight is 539 g/mol. The minimum atomic E-state index is -5.08. The summed E-state index contributed by atoms with van der Waals surface area (Å²) >= 11 is 0. The number of carbonyl (C=O) groups excluding carboxylic acids is 1. The van der Waals surface area contributed by atoms with Crippen LogP contribution in [-0.2, 0) is 28.0 Å². The SMILES string of the molecule is Cn1cc(N2C(=O)CC[C@@H]3[C@H]2CCN3Cc2cccnc2)cn1.O=C(O)C(F)(F)F.O=C(O)C(F)(F)F. The van der Waals surface area contributed by atoms with Crippen LogP contribution in [0.25, 0.3) is 0 Å². The maximum atomic E-state index is 12.5. The summed E-state index contributed by atoms with van der Waals surface area (Å²) < 4.78 is 65.2. The number of carbonyl (C=O) groups is 3. The largest absolute Gasteiger partial charge is 0.490 e. The Hall–Kier alpha value is -3.69. The fourth-order valence-corrected chi connectivity index (χ4v) is 3.94. The molecule has 16 heteroatoms. The Balaban J connectivity index is 0.000000286. The molecule has 0 spiro atoms. The van der Waals surface area contributed by atoms with Crippen molar-refractivity contribution in [3.05, 3.63) is 42.5 Å². The number of hydrogen-bond acceptors (Lipinski definition) is 6. The number of aromatic nitrogens is 3. The van der Waals surface area contributed by atoms with Gasteiger partial charge in [-0.15, -0.1) is 0 Å². The van der Waals surface area contributed by atoms with Crippen LogP contribution in [0.5, 0.6) is 0 Å². The van der Waals surface area contributed by atoms with Gasteiger partial charge >= 0.3 is 24.3 Å². The molecule has 4 heterocycles. The van der Waals surface area contributed by atoms with Crippen molar-refractivity contribution in [1.29, 1.82) is 0 Å². The van der Waals surface area contributed by atoms with E-state index in [9.17, 15) is 31.1 Å². The Kier molecular flexibility index (Phi) is 9.61. The normalized spacial score (nSPS) is 19.8. The van der Waals surface area contributed by atoms with Crippen molar-refractivity contribution in [2.75, 3.05) is 11.4 Å². The Morgan fingerprint density at radius 1 is 1.03 bits per heavy atom. The minimum Gasteiger partial charge on any atom is -0.475 e. The number of halogens is 6. The van der Waals surface area contributed by atoms with Gasteiger partial charge in [0.25, 0.3) is 0 Å². The fraction of sp³-hybridized carbons (Fsp3) is 0.476. The second kappa shape index (κ2) is 12.0. The van der Waals surface area contributed by atoms with Gasteiger partial charge < -0.3 is 15.1 Å². The summed E-state index contributed by atoms with van der Waals surface area (Å²) in [5.41, 5.74) is 2.16. The molecule has 2 saturated heterocycles. The van der Waals surface area contributed by atoms with Crippen molar-refractivity contribution in [2.45, 2.75) is 50.2 Å². The van der Waals surface area contributed by atoms with Crippen LogP contribution >= 0.6 is 0 Å². The van der Waals surface area contributed by atoms with E-state index in [-0.39, 0.29) is 11.9 Å². The summed E-state index contributed by atoms with van der Waals surface area (Å²) in [7, 11) is 1.89. The van der Waals surface area contributed by atoms with Crippen LogP contribution in [0.2, 0.25) is 0 Å². The molecule has 10 nitrogen and oxygen atoms in total. The number of likely N-dealkylation sites (tertiary alicyclic amines) is 1. The Morgan fingerprint density at radius 3 is 2.08 bits per heavy atom. The zero-order valence-electron chi connectivity index (χ0n) is 19.3. The molecule has 4 rings (SSSR count). The van der Waals surface area contributed by atoms with Crippen LogP contribution in [0.15, 0.2) is 36.9 Å². The van der Waals surface area contributed by atoms with E-state index < -0.39 is 24.3 Å². The zero-order valence-corrected chi connectivity index (χ0v) is 19.3. The monoisotopic (exact) mass is 539 g/mol. The standard InChI is InChI=1S/C17H21N5O.2C2HF3O2/c1-20-12-14(10-19-20)22-16-6-8-21(15(16)4-5-17(22)23)11-13-3-2-7-18-9-13;2*3-2(4,5)1(6)7/h2-3,7,9-10,12,15-16H,4-6,8,11H2,1H3;2*(H,6,7)/t15-,16-;;/m1../s1. The molecular weight excluding hydrogens is 516 g/mol. The van der Waals surface area contributed by atoms with Gasteiger partial charge in [-0.2, -0.15) is 31.4 Å². The zero-order chi connectivity index (χ0) is 28.0. The van der Waals surface area contributed by atoms with Crippen molar-refractivity contribution < 1.29 is 50.9 Å². The second-order valence-corrected chi connectivity index (χ2v) is 8.04. The summed E-state index contributed by atoms with van der Waals surface area (Å²) in [5.74, 6) is -5.29. The van der Waals surface area contributed by atoms with Crippen LogP contribution in [0.1, 0.15) is 24.8 Å². The molecule has 37 heavy (non-hydrogen) atoms. The number of alkyl halides is 6. The Bertz CT molecular complexity index is 1050. The third-order valence-corrected chi connectivity index (χ3v) is 5.44. The summed E-state index contributed by atoms with van der Waals surface area (Å²) in [6.07, 6.45) is -0.125. The fourth-order valence-electron chi connectivity index (χ4n) is 3.94. The highest BCUT2D eigenvalue weighted by Gasteiger charge is 2.44. The van der Waals surface area contributed by atoms with Crippen molar-refractivity contribution in [1.82, 2.24) is 19.7 Å². The van der Waals surface area contributed by atoms with E-state index in [1.807, 2.05) is 30.4 Å². The van der Waals surface area contributed by atoms with E-state index >= 15 is 0 Å². The first-order valence-corrected chi connectivity index (χ1v) is 10.6. The topological polar surface area (TPSA) is 129 Å². The number of carboxylic acids is 2. The molecule has 0 aromatic carbocycles. The molecule has 2 aliphatic heterocycles. The van der Waals surface area contributed by atoms with Gasteiger partial charge in [-0.1, -0.05) is 6.07 Å². The number of nitrogens with zero attached hydrogens (tertiary/aromatic N) is 5. The maximum Gasteiger partial charge on any atom is 0.490 e. The predicted octanol–water partition coefficient (Wildman–Crippen LogP) is 2.85. The highest BCUT2D eigenvalue weighted by Crippen LogP contribution is 2.35. The van der Waals surface area contributed by atoms with Gasteiger partial charge in [0, 0.05) is 51.2 Å². The number of piperidine rings is 1. The third-order valence-electron chi connectivity index (χ3n) is 5.44. The van der Waals surface area contributed by atoms with Gasteiger partial charge in [0.1, 0.15) is 0 Å². The van der Waals surface area contributed by atoms with Gasteiger partial charge in [0.2, 0.25) is 5.91 Å². The lowest BCUT2D eigenvalue weighted by atomic mass is 9.95. The molecule has 2 aliphatic rings. The van der Waals surface area contributed by atoms with Gasteiger partial charge in [-0.25, -0.2) is 9.59 Å². The number of aryl methyl sites for hydroxylation is 1. The van der Waals surface area contributed by atoms with E-state index in [0.717, 1.165) is 31.6 Å². The van der Waals surface area contributed by atoms with Crippen molar-refractivity contribution in [3.63, 3.8) is 0 Å². The molecule has 0 aliphatic carbocycles. The molecule has 0 saturated carbocycles. The number of carboxylic acid groups (broad SMARTS) is 2. The third kappa shape index (κ3) is 8.44. The highest BCUT2D eigenvalue weighted by molar-refractivity contribution is 5.94. The van der Waals surface area contributed by atoms with Gasteiger partial charge in [-0.05, 0) is 24.5 Å². The average Bonchev–Trinajstić information content (AvgIpc) is 3.40. The molecule has 2 N–H and O–H groups in total. The van der Waals surface area contributed by atoms with Crippen molar-refractivity contribution in [2.24, 2.45) is 7.05 Å². The molecule has 0 radical (unpaired) electrons. The lowest BCUT2D eigenvalue weighted by molar-refractivity contribution is -0.193. The number of amides is 1. The lowest BCUT2D eigenvalue weighted by Gasteiger charge is -2.39. The van der Waals surface area contributed by atoms with E-state index in [4.69, 9.17) is 19.8 Å². The minimum absolute atomic E-state index is 0.225. The molecule has 2 atom stereocenters. The molecule has 1 amide bonds. The summed E-state index contributed by atoms with van der Waals surface area (Å²) in [6.45, 7) is 1.93. The Morgan fingerprint density at radius 2 is 1.62 bits per heavy atom. The quantitative estimate of drug-likeness (QED) is 0.570. The number of anilines is 1. The van der Waals surface area contributed by atoms with E-state index in [1.165, 1.54) is 5.56 Å². The number of aliphatic carboxylic acids is 2. The molecule has 2 aromatic rings. The number of pyridine rings is 1. The van der Waals surface area contributed by atoms with Gasteiger partial charge in [-0.3, -0.25) is 19.4 Å². The van der Waals surface area contributed by atoms with Crippen LogP contribution in [0.3, 0.4) is 0 Å². The lowest BCUT2D eigenvalue weighted by Crippen LogP contribution is -2.52. The second-order valence-electron chi connectivity index (χ2n) is 8.04. The Labute approximate surface area is 206 Å². The van der Waals surface area contributed by atoms with Crippen LogP contribution in [0.4, 0.5) is 32.0 Å². The summed E-state index contributed by atoms with van der Waals surface area (Å²) in [4.78, 5) is 38.9. The maximum absolute atomic E-state index is 12.5. The van der Waals surface area contributed by atoms with Crippen LogP contribution in [-0.4, -0.2) is 78.7 Å². The molecule has 204 valence electrons. The summed E-state index contributed by atoms with van der Waals surface area (Å²) in [6, 6.07) is 4.79.